The first-order chi connectivity index (χ1) is 8.92. The Morgan fingerprint density at radius 1 is 1.16 bits per heavy atom. The van der Waals surface area contributed by atoms with E-state index in [0.29, 0.717) is 11.8 Å². The van der Waals surface area contributed by atoms with E-state index in [0.717, 1.165) is 37.8 Å². The van der Waals surface area contributed by atoms with Crippen molar-refractivity contribution in [2.24, 2.45) is 5.41 Å². The minimum atomic E-state index is -0.547. The van der Waals surface area contributed by atoms with E-state index < -0.39 is 5.60 Å². The van der Waals surface area contributed by atoms with Gasteiger partial charge in [0, 0.05) is 18.3 Å². The Hall–Kier alpha value is -0.890. The fourth-order valence-electron chi connectivity index (χ4n) is 3.00. The minimum absolute atomic E-state index is 0.379. The summed E-state index contributed by atoms with van der Waals surface area (Å²) in [6.45, 7) is 6.76. The van der Waals surface area contributed by atoms with Crippen LogP contribution in [0.2, 0.25) is 0 Å². The summed E-state index contributed by atoms with van der Waals surface area (Å²) in [5.41, 5.74) is 2.12. The van der Waals surface area contributed by atoms with Gasteiger partial charge in [-0.1, -0.05) is 33.3 Å². The molecule has 1 saturated carbocycles. The van der Waals surface area contributed by atoms with Crippen LogP contribution in [0.15, 0.2) is 18.3 Å². The molecule has 0 radical (unpaired) electrons. The monoisotopic (exact) mass is 261 g/mol. The normalized spacial score (nSPS) is 26.9. The highest BCUT2D eigenvalue weighted by Crippen LogP contribution is 2.39. The van der Waals surface area contributed by atoms with Gasteiger partial charge in [-0.25, -0.2) is 0 Å². The van der Waals surface area contributed by atoms with Gasteiger partial charge >= 0.3 is 0 Å². The topological polar surface area (TPSA) is 33.1 Å². The molecule has 2 rings (SSSR count). The average Bonchev–Trinajstić information content (AvgIpc) is 2.50. The van der Waals surface area contributed by atoms with Crippen molar-refractivity contribution >= 4 is 0 Å². The molecule has 19 heavy (non-hydrogen) atoms. The molecular formula is C17H27NO. The van der Waals surface area contributed by atoms with Crippen LogP contribution in [0.4, 0.5) is 0 Å². The third-order valence-electron chi connectivity index (χ3n) is 4.57. The van der Waals surface area contributed by atoms with Crippen molar-refractivity contribution in [1.29, 1.82) is 0 Å². The van der Waals surface area contributed by atoms with Gasteiger partial charge < -0.3 is 5.11 Å². The third-order valence-corrected chi connectivity index (χ3v) is 4.57. The van der Waals surface area contributed by atoms with E-state index in [2.05, 4.69) is 37.9 Å². The zero-order valence-corrected chi connectivity index (χ0v) is 12.6. The number of aryl methyl sites for hydroxylation is 1. The van der Waals surface area contributed by atoms with E-state index in [9.17, 15) is 5.11 Å². The van der Waals surface area contributed by atoms with Crippen LogP contribution in [-0.4, -0.2) is 15.7 Å². The molecule has 106 valence electrons. The van der Waals surface area contributed by atoms with Crippen molar-refractivity contribution in [1.82, 2.24) is 4.98 Å². The van der Waals surface area contributed by atoms with Crippen LogP contribution in [-0.2, 0) is 12.8 Å². The van der Waals surface area contributed by atoms with Gasteiger partial charge in [0.2, 0.25) is 0 Å². The molecule has 2 nitrogen and oxygen atoms in total. The summed E-state index contributed by atoms with van der Waals surface area (Å²) in [7, 11) is 0. The number of rotatable bonds is 3. The van der Waals surface area contributed by atoms with Crippen molar-refractivity contribution in [3.63, 3.8) is 0 Å². The second-order valence-corrected chi connectivity index (χ2v) is 6.93. The van der Waals surface area contributed by atoms with E-state index in [1.54, 1.807) is 0 Å². The highest BCUT2D eigenvalue weighted by Gasteiger charge is 2.34. The van der Waals surface area contributed by atoms with Crippen LogP contribution in [0.25, 0.3) is 0 Å². The lowest BCUT2D eigenvalue weighted by atomic mass is 9.83. The van der Waals surface area contributed by atoms with E-state index in [1.807, 2.05) is 6.20 Å². The lowest BCUT2D eigenvalue weighted by Gasteiger charge is -2.27. The molecule has 1 unspecified atom stereocenters. The number of aromatic nitrogens is 1. The van der Waals surface area contributed by atoms with Gasteiger partial charge in [-0.05, 0) is 49.1 Å². The van der Waals surface area contributed by atoms with Crippen LogP contribution in [0.5, 0.6) is 0 Å². The molecule has 1 N–H and O–H groups in total. The number of hydrogen-bond acceptors (Lipinski definition) is 2. The Morgan fingerprint density at radius 2 is 1.95 bits per heavy atom. The van der Waals surface area contributed by atoms with Gasteiger partial charge in [-0.2, -0.15) is 0 Å². The summed E-state index contributed by atoms with van der Waals surface area (Å²) in [4.78, 5) is 4.50. The largest absolute Gasteiger partial charge is 0.389 e. The van der Waals surface area contributed by atoms with Crippen LogP contribution < -0.4 is 0 Å². The predicted octanol–water partition coefficient (Wildman–Crippen LogP) is 3.91. The zero-order valence-electron chi connectivity index (χ0n) is 12.6. The molecule has 0 bridgehead atoms. The van der Waals surface area contributed by atoms with Crippen molar-refractivity contribution in [2.45, 2.75) is 71.3 Å². The Balaban J connectivity index is 2.03. The van der Waals surface area contributed by atoms with Crippen molar-refractivity contribution in [3.05, 3.63) is 29.6 Å². The van der Waals surface area contributed by atoms with Gasteiger partial charge in [0.05, 0.1) is 5.60 Å². The maximum Gasteiger partial charge on any atom is 0.0703 e. The molecule has 0 saturated heterocycles. The highest BCUT2D eigenvalue weighted by molar-refractivity contribution is 5.15. The quantitative estimate of drug-likeness (QED) is 0.837. The summed E-state index contributed by atoms with van der Waals surface area (Å²) >= 11 is 0. The molecule has 0 spiro atoms. The molecule has 1 aromatic heterocycles. The molecule has 0 aromatic carbocycles. The third kappa shape index (κ3) is 4.04. The number of aliphatic hydroxyl groups is 1. The molecule has 2 heteroatoms. The number of hydrogen-bond donors (Lipinski definition) is 1. The van der Waals surface area contributed by atoms with Gasteiger partial charge in [0.1, 0.15) is 0 Å². The zero-order chi connectivity index (χ0) is 13.9. The van der Waals surface area contributed by atoms with Crippen LogP contribution in [0.3, 0.4) is 0 Å². The van der Waals surface area contributed by atoms with Crippen molar-refractivity contribution < 1.29 is 5.11 Å². The molecule has 1 heterocycles. The summed E-state index contributed by atoms with van der Waals surface area (Å²) in [6.07, 6.45) is 8.92. The van der Waals surface area contributed by atoms with Gasteiger partial charge in [0.25, 0.3) is 0 Å². The molecule has 0 aliphatic heterocycles. The first-order valence-corrected chi connectivity index (χ1v) is 7.59. The lowest BCUT2D eigenvalue weighted by molar-refractivity contribution is 0.0217. The summed E-state index contributed by atoms with van der Waals surface area (Å²) in [5.74, 6) is 0. The van der Waals surface area contributed by atoms with Gasteiger partial charge in [-0.15, -0.1) is 0 Å². The number of nitrogens with zero attached hydrogens (tertiary/aromatic N) is 1. The first-order valence-electron chi connectivity index (χ1n) is 7.59. The predicted molar refractivity (Wildman–Crippen MR) is 79.1 cm³/mol. The first kappa shape index (κ1) is 14.5. The maximum absolute atomic E-state index is 10.8. The van der Waals surface area contributed by atoms with Crippen molar-refractivity contribution in [2.75, 3.05) is 0 Å². The van der Waals surface area contributed by atoms with Gasteiger partial charge in [0.15, 0.2) is 0 Å². The second-order valence-electron chi connectivity index (χ2n) is 6.93. The fourth-order valence-corrected chi connectivity index (χ4v) is 3.00. The molecule has 0 amide bonds. The SMILES string of the molecule is CCc1ccc(CC2(O)CCCC(C)(C)CC2)nc1. The van der Waals surface area contributed by atoms with E-state index >= 15 is 0 Å². The van der Waals surface area contributed by atoms with Crippen LogP contribution >= 0.6 is 0 Å². The number of pyridine rings is 1. The van der Waals surface area contributed by atoms with Crippen molar-refractivity contribution in [3.8, 4) is 0 Å². The lowest BCUT2D eigenvalue weighted by Crippen LogP contribution is -2.31. The Bertz CT molecular complexity index is 410. The van der Waals surface area contributed by atoms with E-state index in [1.165, 1.54) is 12.0 Å². The molecular weight excluding hydrogens is 234 g/mol. The maximum atomic E-state index is 10.8. The minimum Gasteiger partial charge on any atom is -0.389 e. The summed E-state index contributed by atoms with van der Waals surface area (Å²) < 4.78 is 0. The summed E-state index contributed by atoms with van der Waals surface area (Å²) in [6, 6.07) is 4.21. The molecule has 1 aliphatic carbocycles. The molecule has 1 atom stereocenters. The highest BCUT2D eigenvalue weighted by atomic mass is 16.3. The Labute approximate surface area is 117 Å². The molecule has 1 aliphatic rings. The van der Waals surface area contributed by atoms with Crippen LogP contribution in [0.1, 0.15) is 64.1 Å². The van der Waals surface area contributed by atoms with Crippen LogP contribution in [0, 0.1) is 5.41 Å². The molecule has 1 fully saturated rings. The Kier molecular flexibility index (Phi) is 4.29. The summed E-state index contributed by atoms with van der Waals surface area (Å²) in [5, 5.41) is 10.8. The average molecular weight is 261 g/mol. The smallest absolute Gasteiger partial charge is 0.0703 e. The standard InChI is InChI=1S/C17H27NO/c1-4-14-6-7-15(18-13-14)12-17(19)9-5-8-16(2,3)10-11-17/h6-7,13,19H,4-5,8-12H2,1-3H3. The molecule has 1 aromatic rings. The fraction of sp³-hybridized carbons (Fsp3) is 0.706. The van der Waals surface area contributed by atoms with E-state index in [4.69, 9.17) is 0 Å². The van der Waals surface area contributed by atoms with Gasteiger partial charge in [-0.3, -0.25) is 4.98 Å². The second kappa shape index (κ2) is 5.62. The Morgan fingerprint density at radius 3 is 2.58 bits per heavy atom. The van der Waals surface area contributed by atoms with E-state index in [-0.39, 0.29) is 0 Å².